The number of unbranched alkanes of at least 4 members (excludes halogenated alkanes) is 1. The van der Waals surface area contributed by atoms with Crippen molar-refractivity contribution in [1.82, 2.24) is 4.98 Å². The van der Waals surface area contributed by atoms with E-state index in [-0.39, 0.29) is 0 Å². The van der Waals surface area contributed by atoms with E-state index in [0.29, 0.717) is 34.0 Å². The van der Waals surface area contributed by atoms with Crippen LogP contribution in [0.15, 0.2) is 73.8 Å². The Kier molecular flexibility index (Phi) is 7.23. The third-order valence-corrected chi connectivity index (χ3v) is 6.18. The molecule has 0 bridgehead atoms. The number of benzene rings is 2. The van der Waals surface area contributed by atoms with Gasteiger partial charge in [-0.1, -0.05) is 35.3 Å². The zero-order chi connectivity index (χ0) is 23.2. The fourth-order valence-corrected chi connectivity index (χ4v) is 4.27. The summed E-state index contributed by atoms with van der Waals surface area (Å²) in [7, 11) is 0. The second-order valence-corrected chi connectivity index (χ2v) is 8.99. The smallest absolute Gasteiger partial charge is 0.345 e. The van der Waals surface area contributed by atoms with Gasteiger partial charge in [0.15, 0.2) is 0 Å². The number of nitriles is 1. The van der Waals surface area contributed by atoms with Gasteiger partial charge in [0.1, 0.15) is 28.0 Å². The van der Waals surface area contributed by atoms with Crippen molar-refractivity contribution in [2.45, 2.75) is 19.8 Å². The minimum absolute atomic E-state index is 0.352. The van der Waals surface area contributed by atoms with Gasteiger partial charge in [-0.3, -0.25) is 0 Å². The number of nitrogens with zero attached hydrogens (tertiary/aromatic N) is 2. The lowest BCUT2D eigenvalue weighted by Gasteiger charge is -2.07. The summed E-state index contributed by atoms with van der Waals surface area (Å²) < 4.78 is 12.0. The highest BCUT2D eigenvalue weighted by Crippen LogP contribution is 2.28. The Balaban J connectivity index is 1.56. The molecule has 0 aliphatic carbocycles. The Bertz CT molecular complexity index is 1420. The number of rotatable bonds is 8. The number of thiazole rings is 1. The normalized spacial score (nSPS) is 11.4. The molecule has 2 aromatic carbocycles. The molecule has 0 aliphatic heterocycles. The Morgan fingerprint density at radius 3 is 3.00 bits per heavy atom. The second-order valence-electron chi connectivity index (χ2n) is 7.21. The van der Waals surface area contributed by atoms with E-state index in [1.807, 2.05) is 36.4 Å². The average molecular weight is 522 g/mol. The van der Waals surface area contributed by atoms with Crippen molar-refractivity contribution in [3.05, 3.63) is 80.0 Å². The molecule has 0 saturated heterocycles. The molecular formula is C25H20BrN3O3S. The van der Waals surface area contributed by atoms with Gasteiger partial charge in [0, 0.05) is 33.2 Å². The Morgan fingerprint density at radius 2 is 2.18 bits per heavy atom. The first-order valence-electron chi connectivity index (χ1n) is 10.4. The van der Waals surface area contributed by atoms with Crippen LogP contribution in [0.4, 0.5) is 5.69 Å². The molecule has 2 aromatic heterocycles. The van der Waals surface area contributed by atoms with Gasteiger partial charge in [-0.25, -0.2) is 9.78 Å². The minimum atomic E-state index is -0.470. The minimum Gasteiger partial charge on any atom is -0.494 e. The van der Waals surface area contributed by atoms with Gasteiger partial charge >= 0.3 is 5.63 Å². The lowest BCUT2D eigenvalue weighted by Crippen LogP contribution is -2.03. The van der Waals surface area contributed by atoms with Crippen LogP contribution in [0, 0.1) is 11.3 Å². The molecule has 4 aromatic rings. The van der Waals surface area contributed by atoms with Gasteiger partial charge in [0.25, 0.3) is 0 Å². The van der Waals surface area contributed by atoms with Gasteiger partial charge in [-0.2, -0.15) is 5.26 Å². The summed E-state index contributed by atoms with van der Waals surface area (Å²) in [5.74, 6) is 0.770. The lowest BCUT2D eigenvalue weighted by atomic mass is 10.1. The van der Waals surface area contributed by atoms with Crippen molar-refractivity contribution >= 4 is 49.5 Å². The van der Waals surface area contributed by atoms with E-state index < -0.39 is 5.63 Å². The summed E-state index contributed by atoms with van der Waals surface area (Å²) in [6.07, 6.45) is 3.67. The van der Waals surface area contributed by atoms with Crippen LogP contribution in [0.25, 0.3) is 27.8 Å². The maximum Gasteiger partial charge on any atom is 0.345 e. The molecule has 1 N–H and O–H groups in total. The highest BCUT2D eigenvalue weighted by molar-refractivity contribution is 9.10. The predicted octanol–water partition coefficient (Wildman–Crippen LogP) is 6.83. The van der Waals surface area contributed by atoms with E-state index in [0.717, 1.165) is 34.1 Å². The third-order valence-electron chi connectivity index (χ3n) is 4.81. The number of hydrogen-bond donors (Lipinski definition) is 1. The molecule has 0 atom stereocenters. The van der Waals surface area contributed by atoms with Crippen LogP contribution in [0.2, 0.25) is 0 Å². The third kappa shape index (κ3) is 5.51. The van der Waals surface area contributed by atoms with E-state index in [1.54, 1.807) is 23.7 Å². The molecule has 0 saturated carbocycles. The molecule has 33 heavy (non-hydrogen) atoms. The van der Waals surface area contributed by atoms with Crippen LogP contribution >= 0.6 is 27.3 Å². The van der Waals surface area contributed by atoms with Crippen LogP contribution in [-0.4, -0.2) is 11.6 Å². The van der Waals surface area contributed by atoms with E-state index in [9.17, 15) is 10.1 Å². The van der Waals surface area contributed by atoms with E-state index in [2.05, 4.69) is 39.2 Å². The lowest BCUT2D eigenvalue weighted by molar-refractivity contribution is 0.309. The first-order valence-corrected chi connectivity index (χ1v) is 12.0. The largest absolute Gasteiger partial charge is 0.494 e. The number of ether oxygens (including phenoxy) is 1. The molecule has 6 nitrogen and oxygen atoms in total. The monoisotopic (exact) mass is 521 g/mol. The van der Waals surface area contributed by atoms with E-state index in [4.69, 9.17) is 9.15 Å². The van der Waals surface area contributed by atoms with Crippen LogP contribution in [0.5, 0.6) is 5.75 Å². The van der Waals surface area contributed by atoms with Crippen molar-refractivity contribution in [1.29, 1.82) is 5.26 Å². The molecule has 0 fully saturated rings. The Hall–Kier alpha value is -3.41. The summed E-state index contributed by atoms with van der Waals surface area (Å²) >= 11 is 4.72. The molecular weight excluding hydrogens is 502 g/mol. The van der Waals surface area contributed by atoms with Crippen LogP contribution < -0.4 is 15.7 Å². The molecule has 0 radical (unpaired) electrons. The summed E-state index contributed by atoms with van der Waals surface area (Å²) in [6, 6.07) is 16.9. The molecule has 0 amide bonds. The van der Waals surface area contributed by atoms with Crippen molar-refractivity contribution in [2.75, 3.05) is 11.9 Å². The van der Waals surface area contributed by atoms with Gasteiger partial charge in [0.2, 0.25) is 0 Å². The number of allylic oxidation sites excluding steroid dienone is 1. The average Bonchev–Trinajstić information content (AvgIpc) is 3.29. The van der Waals surface area contributed by atoms with Gasteiger partial charge < -0.3 is 14.5 Å². The molecule has 0 aliphatic rings. The number of nitrogens with one attached hydrogen (secondary N) is 1. The molecule has 0 spiro atoms. The standard InChI is InChI=1S/C25H20BrN3O3S/c1-2-3-9-31-20-6-4-5-19(12-20)28-14-17(13-27)24-29-22(15-33-24)21-11-16-10-18(26)7-8-23(16)32-25(21)30/h4-8,10-12,14-15,28H,2-3,9H2,1H3. The summed E-state index contributed by atoms with van der Waals surface area (Å²) in [5, 5.41) is 15.8. The molecule has 4 rings (SSSR count). The van der Waals surface area contributed by atoms with Gasteiger partial charge in [-0.15, -0.1) is 11.3 Å². The molecule has 166 valence electrons. The SMILES string of the molecule is CCCCOc1cccc(NC=C(C#N)c2nc(-c3cc4cc(Br)ccc4oc3=O)cs2)c1. The molecule has 2 heterocycles. The predicted molar refractivity (Wildman–Crippen MR) is 135 cm³/mol. The fourth-order valence-electron chi connectivity index (χ4n) is 3.10. The van der Waals surface area contributed by atoms with Crippen LogP contribution in [0.1, 0.15) is 24.8 Å². The van der Waals surface area contributed by atoms with Crippen molar-refractivity contribution < 1.29 is 9.15 Å². The summed E-state index contributed by atoms with van der Waals surface area (Å²) in [5.41, 5.74) is 2.02. The maximum absolute atomic E-state index is 12.5. The number of anilines is 1. The van der Waals surface area contributed by atoms with E-state index >= 15 is 0 Å². The zero-order valence-corrected chi connectivity index (χ0v) is 20.2. The van der Waals surface area contributed by atoms with Crippen molar-refractivity contribution in [2.24, 2.45) is 0 Å². The quantitative estimate of drug-likeness (QED) is 0.155. The summed E-state index contributed by atoms with van der Waals surface area (Å²) in [4.78, 5) is 17.0. The Morgan fingerprint density at radius 1 is 1.30 bits per heavy atom. The summed E-state index contributed by atoms with van der Waals surface area (Å²) in [6.45, 7) is 2.78. The Labute approximate surface area is 203 Å². The highest BCUT2D eigenvalue weighted by atomic mass is 79.9. The van der Waals surface area contributed by atoms with E-state index in [1.165, 1.54) is 11.3 Å². The van der Waals surface area contributed by atoms with Gasteiger partial charge in [-0.05, 0) is 42.8 Å². The van der Waals surface area contributed by atoms with Crippen LogP contribution in [-0.2, 0) is 0 Å². The van der Waals surface area contributed by atoms with Crippen molar-refractivity contribution in [3.63, 3.8) is 0 Å². The number of fused-ring (bicyclic) bond motifs is 1. The second kappa shape index (κ2) is 10.5. The van der Waals surface area contributed by atoms with Gasteiger partial charge in [0.05, 0.1) is 17.9 Å². The zero-order valence-electron chi connectivity index (χ0n) is 17.8. The number of halogens is 1. The first kappa shape index (κ1) is 22.8. The molecule has 8 heteroatoms. The fraction of sp³-hybridized carbons (Fsp3) is 0.160. The molecule has 0 unspecified atom stereocenters. The number of hydrogen-bond acceptors (Lipinski definition) is 7. The maximum atomic E-state index is 12.5. The first-order chi connectivity index (χ1) is 16.1. The topological polar surface area (TPSA) is 88.2 Å². The van der Waals surface area contributed by atoms with Crippen LogP contribution in [0.3, 0.4) is 0 Å². The van der Waals surface area contributed by atoms with Crippen molar-refractivity contribution in [3.8, 4) is 23.1 Å². The number of aromatic nitrogens is 1. The highest BCUT2D eigenvalue weighted by Gasteiger charge is 2.14.